The van der Waals surface area contributed by atoms with Gasteiger partial charge in [-0.05, 0) is 5.56 Å². The number of hydrogen-bond acceptors (Lipinski definition) is 4. The van der Waals surface area contributed by atoms with Crippen molar-refractivity contribution < 1.29 is 13.2 Å². The van der Waals surface area contributed by atoms with Crippen LogP contribution in [0.5, 0.6) is 0 Å². The van der Waals surface area contributed by atoms with Crippen molar-refractivity contribution in [2.75, 3.05) is 11.9 Å². The average Bonchev–Trinajstić information content (AvgIpc) is 2.86. The van der Waals surface area contributed by atoms with Gasteiger partial charge in [-0.3, -0.25) is 0 Å². The van der Waals surface area contributed by atoms with Crippen molar-refractivity contribution in [1.82, 2.24) is 9.36 Å². The standard InChI is InChI=1S/C11H9ClF3N3S/c12-8(7-4-2-1-3-5-7)6-16-10-17-9(18-19-10)11(13,14)15/h1-5,8H,6H2,(H,16,17,18). The molecule has 0 fully saturated rings. The summed E-state index contributed by atoms with van der Waals surface area (Å²) in [6, 6.07) is 9.25. The van der Waals surface area contributed by atoms with Crippen LogP contribution < -0.4 is 5.32 Å². The molecule has 1 atom stereocenters. The molecule has 0 spiro atoms. The van der Waals surface area contributed by atoms with Crippen molar-refractivity contribution in [3.8, 4) is 0 Å². The minimum Gasteiger partial charge on any atom is -0.358 e. The number of benzene rings is 1. The molecule has 0 amide bonds. The Labute approximate surface area is 116 Å². The quantitative estimate of drug-likeness (QED) is 0.869. The van der Waals surface area contributed by atoms with Gasteiger partial charge in [0, 0.05) is 18.1 Å². The molecule has 0 radical (unpaired) electrons. The summed E-state index contributed by atoms with van der Waals surface area (Å²) in [4.78, 5) is 3.36. The molecule has 19 heavy (non-hydrogen) atoms. The number of nitrogens with zero attached hydrogens (tertiary/aromatic N) is 2. The van der Waals surface area contributed by atoms with Gasteiger partial charge in [0.15, 0.2) is 0 Å². The highest BCUT2D eigenvalue weighted by Gasteiger charge is 2.36. The minimum absolute atomic E-state index is 0.105. The molecule has 102 valence electrons. The number of anilines is 1. The van der Waals surface area contributed by atoms with E-state index in [1.165, 1.54) is 0 Å². The van der Waals surface area contributed by atoms with Crippen molar-refractivity contribution in [2.45, 2.75) is 11.6 Å². The fraction of sp³-hybridized carbons (Fsp3) is 0.273. The molecule has 0 aliphatic heterocycles. The topological polar surface area (TPSA) is 37.8 Å². The van der Waals surface area contributed by atoms with Crippen molar-refractivity contribution in [1.29, 1.82) is 0 Å². The lowest BCUT2D eigenvalue weighted by molar-refractivity contribution is -0.144. The van der Waals surface area contributed by atoms with Gasteiger partial charge >= 0.3 is 6.18 Å². The Morgan fingerprint density at radius 3 is 2.53 bits per heavy atom. The normalized spacial score (nSPS) is 13.3. The highest BCUT2D eigenvalue weighted by atomic mass is 35.5. The van der Waals surface area contributed by atoms with E-state index in [9.17, 15) is 13.2 Å². The largest absolute Gasteiger partial charge is 0.452 e. The number of aromatic nitrogens is 2. The van der Waals surface area contributed by atoms with Gasteiger partial charge in [0.1, 0.15) is 0 Å². The van der Waals surface area contributed by atoms with E-state index in [1.54, 1.807) is 0 Å². The maximum absolute atomic E-state index is 12.3. The molecule has 3 nitrogen and oxygen atoms in total. The smallest absolute Gasteiger partial charge is 0.358 e. The summed E-state index contributed by atoms with van der Waals surface area (Å²) in [5.74, 6) is -1.13. The third kappa shape index (κ3) is 3.81. The summed E-state index contributed by atoms with van der Waals surface area (Å²) in [5, 5.41) is 2.51. The van der Waals surface area contributed by atoms with Gasteiger partial charge in [0.05, 0.1) is 5.38 Å². The molecule has 0 bridgehead atoms. The first-order chi connectivity index (χ1) is 8.97. The lowest BCUT2D eigenvalue weighted by Crippen LogP contribution is -2.10. The van der Waals surface area contributed by atoms with Gasteiger partial charge in [-0.2, -0.15) is 22.5 Å². The molecule has 0 aliphatic rings. The van der Waals surface area contributed by atoms with Crippen LogP contribution in [0.3, 0.4) is 0 Å². The predicted molar refractivity (Wildman–Crippen MR) is 68.4 cm³/mol. The SMILES string of the molecule is FC(F)(F)c1nsc(NCC(Cl)c2ccccc2)n1. The van der Waals surface area contributed by atoms with Crippen molar-refractivity contribution in [3.63, 3.8) is 0 Å². The third-order valence-electron chi connectivity index (χ3n) is 2.27. The molecule has 1 unspecified atom stereocenters. The van der Waals surface area contributed by atoms with Crippen LogP contribution in [0.4, 0.5) is 18.3 Å². The number of alkyl halides is 4. The lowest BCUT2D eigenvalue weighted by atomic mass is 10.1. The summed E-state index contributed by atoms with van der Waals surface area (Å²) in [5.41, 5.74) is 0.886. The lowest BCUT2D eigenvalue weighted by Gasteiger charge is -2.09. The van der Waals surface area contributed by atoms with E-state index in [-0.39, 0.29) is 17.1 Å². The van der Waals surface area contributed by atoms with E-state index in [0.717, 1.165) is 5.56 Å². The fourth-order valence-electron chi connectivity index (χ4n) is 1.37. The van der Waals surface area contributed by atoms with E-state index in [2.05, 4.69) is 14.7 Å². The Balaban J connectivity index is 1.94. The Hall–Kier alpha value is -1.34. The second-order valence-corrected chi connectivity index (χ2v) is 4.96. The van der Waals surface area contributed by atoms with Gasteiger partial charge in [-0.25, -0.2) is 0 Å². The average molecular weight is 308 g/mol. The molecule has 0 saturated heterocycles. The Morgan fingerprint density at radius 1 is 1.26 bits per heavy atom. The first-order valence-corrected chi connectivity index (χ1v) is 6.51. The van der Waals surface area contributed by atoms with Crippen LogP contribution in [0.2, 0.25) is 0 Å². The molecule has 2 rings (SSSR count). The van der Waals surface area contributed by atoms with Gasteiger partial charge in [-0.1, -0.05) is 30.3 Å². The molecule has 0 saturated carbocycles. The van der Waals surface area contributed by atoms with Crippen LogP contribution in [0.25, 0.3) is 0 Å². The van der Waals surface area contributed by atoms with Crippen LogP contribution in [0.15, 0.2) is 30.3 Å². The highest BCUT2D eigenvalue weighted by Crippen LogP contribution is 2.29. The molecule has 1 aromatic carbocycles. The van der Waals surface area contributed by atoms with Crippen LogP contribution in [0, 0.1) is 0 Å². The predicted octanol–water partition coefficient (Wildman–Crippen LogP) is 3.95. The van der Waals surface area contributed by atoms with Crippen molar-refractivity contribution in [3.05, 3.63) is 41.7 Å². The van der Waals surface area contributed by atoms with E-state index >= 15 is 0 Å². The summed E-state index contributed by atoms with van der Waals surface area (Å²) in [7, 11) is 0. The molecule has 8 heteroatoms. The second kappa shape index (κ2) is 5.75. The van der Waals surface area contributed by atoms with Crippen molar-refractivity contribution >= 4 is 28.3 Å². The van der Waals surface area contributed by atoms with Crippen LogP contribution in [-0.4, -0.2) is 15.9 Å². The van der Waals surface area contributed by atoms with Crippen molar-refractivity contribution in [2.24, 2.45) is 0 Å². The van der Waals surface area contributed by atoms with Crippen LogP contribution >= 0.6 is 23.1 Å². The second-order valence-electron chi connectivity index (χ2n) is 3.68. The fourth-order valence-corrected chi connectivity index (χ4v) is 2.18. The third-order valence-corrected chi connectivity index (χ3v) is 3.35. The monoisotopic (exact) mass is 307 g/mol. The molecular formula is C11H9ClF3N3S. The Morgan fingerprint density at radius 2 is 1.95 bits per heavy atom. The summed E-state index contributed by atoms with van der Waals surface area (Å²) in [6.45, 7) is 0.276. The number of nitrogens with one attached hydrogen (secondary N) is 1. The van der Waals surface area contributed by atoms with E-state index in [4.69, 9.17) is 11.6 Å². The molecular weight excluding hydrogens is 299 g/mol. The first kappa shape index (κ1) is 14.1. The highest BCUT2D eigenvalue weighted by molar-refractivity contribution is 7.09. The zero-order valence-electron chi connectivity index (χ0n) is 9.49. The summed E-state index contributed by atoms with van der Waals surface area (Å²) >= 11 is 6.79. The van der Waals surface area contributed by atoms with E-state index < -0.39 is 12.0 Å². The molecule has 1 N–H and O–H groups in total. The zero-order valence-corrected chi connectivity index (χ0v) is 11.1. The first-order valence-electron chi connectivity index (χ1n) is 5.30. The zero-order chi connectivity index (χ0) is 13.9. The molecule has 0 aliphatic carbocycles. The van der Waals surface area contributed by atoms with Gasteiger partial charge in [-0.15, -0.1) is 11.6 Å². The number of hydrogen-bond donors (Lipinski definition) is 1. The Kier molecular flexibility index (Phi) is 4.26. The van der Waals surface area contributed by atoms with Gasteiger partial charge in [0.25, 0.3) is 0 Å². The molecule has 1 heterocycles. The molecule has 2 aromatic rings. The maximum Gasteiger partial charge on any atom is 0.452 e. The summed E-state index contributed by atoms with van der Waals surface area (Å²) < 4.78 is 40.1. The Bertz CT molecular complexity index is 529. The van der Waals surface area contributed by atoms with Gasteiger partial charge in [0.2, 0.25) is 11.0 Å². The summed E-state index contributed by atoms with van der Waals surface area (Å²) in [6.07, 6.45) is -4.52. The minimum atomic E-state index is -4.52. The number of rotatable bonds is 4. The number of halogens is 4. The van der Waals surface area contributed by atoms with Crippen LogP contribution in [0.1, 0.15) is 16.8 Å². The maximum atomic E-state index is 12.3. The van der Waals surface area contributed by atoms with E-state index in [1.807, 2.05) is 30.3 Å². The van der Waals surface area contributed by atoms with Gasteiger partial charge < -0.3 is 5.32 Å². The van der Waals surface area contributed by atoms with E-state index in [0.29, 0.717) is 11.5 Å². The molecule has 1 aromatic heterocycles. The van der Waals surface area contributed by atoms with Crippen LogP contribution in [-0.2, 0) is 6.18 Å².